The summed E-state index contributed by atoms with van der Waals surface area (Å²) in [5, 5.41) is 10.6. The molecule has 4 nitrogen and oxygen atoms in total. The van der Waals surface area contributed by atoms with Gasteiger partial charge < -0.3 is 5.73 Å². The van der Waals surface area contributed by atoms with Gasteiger partial charge in [-0.15, -0.1) is 0 Å². The summed E-state index contributed by atoms with van der Waals surface area (Å²) in [6, 6.07) is 6.30. The van der Waals surface area contributed by atoms with Gasteiger partial charge in [0, 0.05) is 18.2 Å². The molecule has 1 rings (SSSR count). The number of hydrogen-bond donors (Lipinski definition) is 1. The summed E-state index contributed by atoms with van der Waals surface area (Å²) in [6.07, 6.45) is 0. The highest BCUT2D eigenvalue weighted by molar-refractivity contribution is 5.36. The molecule has 0 bridgehead atoms. The molecule has 0 aliphatic carbocycles. The molecule has 0 aromatic heterocycles. The van der Waals surface area contributed by atoms with Crippen LogP contribution in [0, 0.1) is 15.5 Å². The summed E-state index contributed by atoms with van der Waals surface area (Å²) in [7, 11) is 0. The Kier molecular flexibility index (Phi) is 3.09. The van der Waals surface area contributed by atoms with E-state index in [1.54, 1.807) is 6.07 Å². The molecule has 0 radical (unpaired) electrons. The molecule has 0 aliphatic heterocycles. The van der Waals surface area contributed by atoms with E-state index in [1.165, 1.54) is 12.1 Å². The van der Waals surface area contributed by atoms with Gasteiger partial charge in [-0.25, -0.2) is 0 Å². The first-order valence-corrected chi connectivity index (χ1v) is 4.82. The molecule has 0 fully saturated rings. The summed E-state index contributed by atoms with van der Waals surface area (Å²) in [4.78, 5) is 10.2. The maximum Gasteiger partial charge on any atom is 0.269 e. The highest BCUT2D eigenvalue weighted by atomic mass is 16.6. The largest absolute Gasteiger partial charge is 0.324 e. The van der Waals surface area contributed by atoms with E-state index in [2.05, 4.69) is 0 Å². The van der Waals surface area contributed by atoms with Crippen molar-refractivity contribution < 1.29 is 4.92 Å². The molecule has 0 aliphatic rings. The van der Waals surface area contributed by atoms with Crippen molar-refractivity contribution >= 4 is 5.69 Å². The van der Waals surface area contributed by atoms with Crippen molar-refractivity contribution in [2.24, 2.45) is 11.1 Å². The van der Waals surface area contributed by atoms with Crippen LogP contribution in [0.5, 0.6) is 0 Å². The lowest BCUT2D eigenvalue weighted by atomic mass is 9.83. The Balaban J connectivity index is 3.06. The summed E-state index contributed by atoms with van der Waals surface area (Å²) in [5.41, 5.74) is 6.81. The second kappa shape index (κ2) is 3.98. The van der Waals surface area contributed by atoms with Gasteiger partial charge in [-0.3, -0.25) is 10.1 Å². The molecule has 0 saturated carbocycles. The fraction of sp³-hybridized carbons (Fsp3) is 0.455. The van der Waals surface area contributed by atoms with E-state index in [1.807, 2.05) is 26.8 Å². The van der Waals surface area contributed by atoms with Gasteiger partial charge in [0.1, 0.15) is 0 Å². The van der Waals surface area contributed by atoms with Crippen molar-refractivity contribution in [3.63, 3.8) is 0 Å². The maximum atomic E-state index is 10.6. The quantitative estimate of drug-likeness (QED) is 0.600. The Morgan fingerprint density at radius 2 is 2.00 bits per heavy atom. The Morgan fingerprint density at radius 1 is 1.40 bits per heavy atom. The van der Waals surface area contributed by atoms with Crippen LogP contribution in [-0.2, 0) is 0 Å². The van der Waals surface area contributed by atoms with Crippen LogP contribution in [0.15, 0.2) is 24.3 Å². The van der Waals surface area contributed by atoms with Crippen molar-refractivity contribution in [3.8, 4) is 0 Å². The molecule has 1 aromatic carbocycles. The van der Waals surface area contributed by atoms with E-state index in [-0.39, 0.29) is 17.1 Å². The van der Waals surface area contributed by atoms with E-state index in [9.17, 15) is 10.1 Å². The first-order valence-electron chi connectivity index (χ1n) is 4.82. The van der Waals surface area contributed by atoms with Gasteiger partial charge in [-0.1, -0.05) is 32.9 Å². The predicted octanol–water partition coefficient (Wildman–Crippen LogP) is 2.64. The van der Waals surface area contributed by atoms with Crippen LogP contribution in [0.4, 0.5) is 5.69 Å². The molecule has 1 aromatic rings. The second-order valence-electron chi connectivity index (χ2n) is 4.70. The Labute approximate surface area is 89.2 Å². The van der Waals surface area contributed by atoms with Crippen LogP contribution >= 0.6 is 0 Å². The summed E-state index contributed by atoms with van der Waals surface area (Å²) in [5.74, 6) is 0. The molecule has 0 saturated heterocycles. The molecule has 1 atom stereocenters. The number of non-ortho nitro benzene ring substituents is 1. The molecule has 0 unspecified atom stereocenters. The van der Waals surface area contributed by atoms with Gasteiger partial charge in [0.15, 0.2) is 0 Å². The van der Waals surface area contributed by atoms with Gasteiger partial charge in [0.05, 0.1) is 4.92 Å². The van der Waals surface area contributed by atoms with Gasteiger partial charge >= 0.3 is 0 Å². The van der Waals surface area contributed by atoms with Gasteiger partial charge in [0.2, 0.25) is 0 Å². The Bertz CT molecular complexity index is 369. The normalized spacial score (nSPS) is 13.6. The smallest absolute Gasteiger partial charge is 0.269 e. The lowest BCUT2D eigenvalue weighted by Crippen LogP contribution is -2.26. The molecule has 4 heteroatoms. The zero-order chi connectivity index (χ0) is 11.6. The number of nitrogens with zero attached hydrogens (tertiary/aromatic N) is 1. The monoisotopic (exact) mass is 208 g/mol. The molecule has 15 heavy (non-hydrogen) atoms. The lowest BCUT2D eigenvalue weighted by molar-refractivity contribution is -0.384. The summed E-state index contributed by atoms with van der Waals surface area (Å²) < 4.78 is 0. The Hall–Kier alpha value is -1.42. The van der Waals surface area contributed by atoms with E-state index in [4.69, 9.17) is 5.73 Å². The van der Waals surface area contributed by atoms with Gasteiger partial charge in [0.25, 0.3) is 5.69 Å². The van der Waals surface area contributed by atoms with Crippen molar-refractivity contribution in [1.82, 2.24) is 0 Å². The number of nitro groups is 1. The fourth-order valence-corrected chi connectivity index (χ4v) is 1.33. The third-order valence-corrected chi connectivity index (χ3v) is 2.37. The molecule has 2 N–H and O–H groups in total. The van der Waals surface area contributed by atoms with Gasteiger partial charge in [-0.05, 0) is 11.0 Å². The second-order valence-corrected chi connectivity index (χ2v) is 4.70. The first kappa shape index (κ1) is 11.7. The lowest BCUT2D eigenvalue weighted by Gasteiger charge is -2.27. The zero-order valence-corrected chi connectivity index (χ0v) is 9.23. The third kappa shape index (κ3) is 2.76. The average molecular weight is 208 g/mol. The van der Waals surface area contributed by atoms with E-state index >= 15 is 0 Å². The fourth-order valence-electron chi connectivity index (χ4n) is 1.33. The molecular weight excluding hydrogens is 192 g/mol. The van der Waals surface area contributed by atoms with E-state index in [0.717, 1.165) is 5.56 Å². The Morgan fingerprint density at radius 3 is 2.47 bits per heavy atom. The van der Waals surface area contributed by atoms with Crippen molar-refractivity contribution in [2.45, 2.75) is 26.8 Å². The topological polar surface area (TPSA) is 69.2 Å². The molecule has 0 heterocycles. The standard InChI is InChI=1S/C11H16N2O2/c1-11(2,3)10(12)8-5-4-6-9(7-8)13(14)15/h4-7,10H,12H2,1-3H3/t10-/m1/s1. The molecular formula is C11H16N2O2. The number of rotatable bonds is 2. The van der Waals surface area contributed by atoms with Crippen LogP contribution in [0.2, 0.25) is 0 Å². The molecule has 82 valence electrons. The number of benzene rings is 1. The van der Waals surface area contributed by atoms with Crippen LogP contribution in [0.1, 0.15) is 32.4 Å². The third-order valence-electron chi connectivity index (χ3n) is 2.37. The summed E-state index contributed by atoms with van der Waals surface area (Å²) in [6.45, 7) is 6.03. The van der Waals surface area contributed by atoms with Crippen molar-refractivity contribution in [3.05, 3.63) is 39.9 Å². The van der Waals surface area contributed by atoms with Crippen LogP contribution in [-0.4, -0.2) is 4.92 Å². The number of nitrogens with two attached hydrogens (primary N) is 1. The van der Waals surface area contributed by atoms with E-state index in [0.29, 0.717) is 0 Å². The number of nitro benzene ring substituents is 1. The van der Waals surface area contributed by atoms with Crippen molar-refractivity contribution in [2.75, 3.05) is 0 Å². The summed E-state index contributed by atoms with van der Waals surface area (Å²) >= 11 is 0. The highest BCUT2D eigenvalue weighted by Gasteiger charge is 2.23. The minimum atomic E-state index is -0.404. The van der Waals surface area contributed by atoms with E-state index < -0.39 is 4.92 Å². The minimum Gasteiger partial charge on any atom is -0.324 e. The van der Waals surface area contributed by atoms with Crippen LogP contribution in [0.25, 0.3) is 0 Å². The number of hydrogen-bond acceptors (Lipinski definition) is 3. The highest BCUT2D eigenvalue weighted by Crippen LogP contribution is 2.31. The SMILES string of the molecule is CC(C)(C)[C@H](N)c1cccc([N+](=O)[O-])c1. The van der Waals surface area contributed by atoms with Gasteiger partial charge in [-0.2, -0.15) is 0 Å². The average Bonchev–Trinajstić information content (AvgIpc) is 2.15. The first-order chi connectivity index (χ1) is 6.82. The predicted molar refractivity (Wildman–Crippen MR) is 59.5 cm³/mol. The molecule has 0 amide bonds. The minimum absolute atomic E-state index is 0.0900. The van der Waals surface area contributed by atoms with Crippen molar-refractivity contribution in [1.29, 1.82) is 0 Å². The molecule has 0 spiro atoms. The maximum absolute atomic E-state index is 10.6. The zero-order valence-electron chi connectivity index (χ0n) is 9.23. The van der Waals surface area contributed by atoms with Crippen LogP contribution < -0.4 is 5.73 Å². The van der Waals surface area contributed by atoms with Crippen LogP contribution in [0.3, 0.4) is 0 Å².